The van der Waals surface area contributed by atoms with Gasteiger partial charge in [0.25, 0.3) is 0 Å². The predicted molar refractivity (Wildman–Crippen MR) is 98.8 cm³/mol. The molecule has 2 aromatic carbocycles. The fourth-order valence-electron chi connectivity index (χ4n) is 2.94. The summed E-state index contributed by atoms with van der Waals surface area (Å²) >= 11 is 5.93. The molecule has 1 aliphatic heterocycles. The minimum absolute atomic E-state index is 0.0387. The van der Waals surface area contributed by atoms with Gasteiger partial charge in [-0.2, -0.15) is 13.2 Å². The Labute approximate surface area is 160 Å². The normalized spacial score (nSPS) is 15.6. The molecule has 1 heterocycles. The SMILES string of the molecule is O=C(Nc1cc(C(F)(F)F)ccc1Cl)N1CCN(Cc2ccccc2)CC1. The molecule has 0 atom stereocenters. The average Bonchev–Trinajstić information content (AvgIpc) is 2.64. The number of halogens is 4. The summed E-state index contributed by atoms with van der Waals surface area (Å²) < 4.78 is 38.5. The topological polar surface area (TPSA) is 35.6 Å². The average molecular weight is 398 g/mol. The van der Waals surface area contributed by atoms with Crippen molar-refractivity contribution in [2.24, 2.45) is 0 Å². The molecule has 1 N–H and O–H groups in total. The van der Waals surface area contributed by atoms with Crippen LogP contribution in [0.25, 0.3) is 0 Å². The van der Waals surface area contributed by atoms with Gasteiger partial charge in [-0.05, 0) is 23.8 Å². The smallest absolute Gasteiger partial charge is 0.322 e. The van der Waals surface area contributed by atoms with Gasteiger partial charge in [0.2, 0.25) is 0 Å². The van der Waals surface area contributed by atoms with Gasteiger partial charge < -0.3 is 10.2 Å². The summed E-state index contributed by atoms with van der Waals surface area (Å²) in [5.74, 6) is 0. The Morgan fingerprint density at radius 3 is 2.33 bits per heavy atom. The molecule has 0 bridgehead atoms. The first-order valence-corrected chi connectivity index (χ1v) is 8.90. The Hall–Kier alpha value is -2.25. The monoisotopic (exact) mass is 397 g/mol. The van der Waals surface area contributed by atoms with E-state index in [1.165, 1.54) is 5.56 Å². The van der Waals surface area contributed by atoms with Gasteiger partial charge in [0.15, 0.2) is 0 Å². The highest BCUT2D eigenvalue weighted by molar-refractivity contribution is 6.33. The van der Waals surface area contributed by atoms with Crippen LogP contribution in [0.1, 0.15) is 11.1 Å². The summed E-state index contributed by atoms with van der Waals surface area (Å²) in [7, 11) is 0. The lowest BCUT2D eigenvalue weighted by molar-refractivity contribution is -0.137. The number of nitrogens with one attached hydrogen (secondary N) is 1. The number of carbonyl (C=O) groups is 1. The van der Waals surface area contributed by atoms with Crippen molar-refractivity contribution in [1.29, 1.82) is 0 Å². The van der Waals surface area contributed by atoms with Gasteiger partial charge in [0.1, 0.15) is 0 Å². The molecule has 0 aliphatic carbocycles. The van der Waals surface area contributed by atoms with Crippen molar-refractivity contribution in [3.63, 3.8) is 0 Å². The maximum Gasteiger partial charge on any atom is 0.416 e. The van der Waals surface area contributed by atoms with Crippen molar-refractivity contribution in [1.82, 2.24) is 9.80 Å². The zero-order valence-electron chi connectivity index (χ0n) is 14.5. The molecule has 2 aromatic rings. The first-order chi connectivity index (χ1) is 12.8. The molecule has 8 heteroatoms. The standard InChI is InChI=1S/C19H19ClF3N3O/c20-16-7-6-15(19(21,22)23)12-17(16)24-18(27)26-10-8-25(9-11-26)13-14-4-2-1-3-5-14/h1-7,12H,8-11,13H2,(H,24,27). The number of amides is 2. The molecule has 2 amide bonds. The van der Waals surface area contributed by atoms with Crippen LogP contribution in [-0.2, 0) is 12.7 Å². The summed E-state index contributed by atoms with van der Waals surface area (Å²) in [6.45, 7) is 3.18. The lowest BCUT2D eigenvalue weighted by atomic mass is 10.2. The van der Waals surface area contributed by atoms with Crippen LogP contribution >= 0.6 is 11.6 Å². The van der Waals surface area contributed by atoms with Gasteiger partial charge in [-0.3, -0.25) is 4.90 Å². The van der Waals surface area contributed by atoms with Crippen molar-refractivity contribution in [3.05, 3.63) is 64.7 Å². The van der Waals surface area contributed by atoms with Gasteiger partial charge in [-0.25, -0.2) is 4.79 Å². The maximum absolute atomic E-state index is 12.8. The van der Waals surface area contributed by atoms with Crippen LogP contribution in [-0.4, -0.2) is 42.0 Å². The summed E-state index contributed by atoms with van der Waals surface area (Å²) in [4.78, 5) is 16.2. The van der Waals surface area contributed by atoms with E-state index in [1.54, 1.807) is 4.90 Å². The molecule has 3 rings (SSSR count). The number of anilines is 1. The van der Waals surface area contributed by atoms with E-state index in [-0.39, 0.29) is 10.7 Å². The summed E-state index contributed by atoms with van der Waals surface area (Å²) in [5, 5.41) is 2.56. The quantitative estimate of drug-likeness (QED) is 0.814. The van der Waals surface area contributed by atoms with Gasteiger partial charge in [-0.15, -0.1) is 0 Å². The second-order valence-corrected chi connectivity index (χ2v) is 6.78. The molecular formula is C19H19ClF3N3O. The van der Waals surface area contributed by atoms with E-state index in [0.717, 1.165) is 24.7 Å². The van der Waals surface area contributed by atoms with E-state index in [9.17, 15) is 18.0 Å². The molecule has 144 valence electrons. The summed E-state index contributed by atoms with van der Waals surface area (Å²) in [6.07, 6.45) is -4.49. The molecule has 4 nitrogen and oxygen atoms in total. The third-order valence-electron chi connectivity index (χ3n) is 4.44. The molecule has 0 spiro atoms. The molecule has 0 unspecified atom stereocenters. The molecule has 0 saturated carbocycles. The van der Waals surface area contributed by atoms with Crippen molar-refractivity contribution in [2.75, 3.05) is 31.5 Å². The highest BCUT2D eigenvalue weighted by Gasteiger charge is 2.31. The zero-order valence-corrected chi connectivity index (χ0v) is 15.2. The highest BCUT2D eigenvalue weighted by Crippen LogP contribution is 2.33. The Morgan fingerprint density at radius 1 is 1.04 bits per heavy atom. The number of benzene rings is 2. The van der Waals surface area contributed by atoms with Crippen LogP contribution < -0.4 is 5.32 Å². The number of hydrogen-bond acceptors (Lipinski definition) is 2. The molecular weight excluding hydrogens is 379 g/mol. The maximum atomic E-state index is 12.8. The summed E-state index contributed by atoms with van der Waals surface area (Å²) in [6, 6.07) is 12.5. The minimum Gasteiger partial charge on any atom is -0.322 e. The van der Waals surface area contributed by atoms with Crippen LogP contribution in [0.3, 0.4) is 0 Å². The Balaban J connectivity index is 1.57. The Bertz CT molecular complexity index is 791. The number of rotatable bonds is 3. The third-order valence-corrected chi connectivity index (χ3v) is 4.77. The molecule has 27 heavy (non-hydrogen) atoms. The van der Waals surface area contributed by atoms with E-state index in [1.807, 2.05) is 18.2 Å². The Morgan fingerprint density at radius 2 is 1.70 bits per heavy atom. The fraction of sp³-hybridized carbons (Fsp3) is 0.316. The van der Waals surface area contributed by atoms with E-state index < -0.39 is 17.8 Å². The first kappa shape index (κ1) is 19.5. The van der Waals surface area contributed by atoms with Gasteiger partial charge in [0.05, 0.1) is 16.3 Å². The van der Waals surface area contributed by atoms with Crippen LogP contribution in [0, 0.1) is 0 Å². The molecule has 1 saturated heterocycles. The van der Waals surface area contributed by atoms with E-state index in [4.69, 9.17) is 11.6 Å². The largest absolute Gasteiger partial charge is 0.416 e. The van der Waals surface area contributed by atoms with Crippen LogP contribution in [0.5, 0.6) is 0 Å². The summed E-state index contributed by atoms with van der Waals surface area (Å²) in [5.41, 5.74) is 0.309. The second-order valence-electron chi connectivity index (χ2n) is 6.37. The number of piperazine rings is 1. The first-order valence-electron chi connectivity index (χ1n) is 8.52. The van der Waals surface area contributed by atoms with E-state index >= 15 is 0 Å². The second kappa shape index (κ2) is 8.19. The molecule has 1 fully saturated rings. The number of urea groups is 1. The van der Waals surface area contributed by atoms with Crippen molar-refractivity contribution in [3.8, 4) is 0 Å². The lowest BCUT2D eigenvalue weighted by Gasteiger charge is -2.34. The number of carbonyl (C=O) groups excluding carboxylic acids is 1. The van der Waals surface area contributed by atoms with E-state index in [0.29, 0.717) is 26.2 Å². The van der Waals surface area contributed by atoms with Gasteiger partial charge in [0, 0.05) is 32.7 Å². The van der Waals surface area contributed by atoms with Crippen molar-refractivity contribution < 1.29 is 18.0 Å². The van der Waals surface area contributed by atoms with Crippen molar-refractivity contribution >= 4 is 23.3 Å². The fourth-order valence-corrected chi connectivity index (χ4v) is 3.11. The Kier molecular flexibility index (Phi) is 5.92. The van der Waals surface area contributed by atoms with Gasteiger partial charge >= 0.3 is 12.2 Å². The zero-order chi connectivity index (χ0) is 19.4. The van der Waals surface area contributed by atoms with Gasteiger partial charge in [-0.1, -0.05) is 41.9 Å². The van der Waals surface area contributed by atoms with Crippen LogP contribution in [0.15, 0.2) is 48.5 Å². The molecule has 0 aromatic heterocycles. The highest BCUT2D eigenvalue weighted by atomic mass is 35.5. The van der Waals surface area contributed by atoms with E-state index in [2.05, 4.69) is 22.3 Å². The number of hydrogen-bond donors (Lipinski definition) is 1. The number of alkyl halides is 3. The van der Waals surface area contributed by atoms with Crippen LogP contribution in [0.4, 0.5) is 23.7 Å². The number of nitrogens with zero attached hydrogens (tertiary/aromatic N) is 2. The third kappa shape index (κ3) is 5.14. The minimum atomic E-state index is -4.49. The molecule has 1 aliphatic rings. The van der Waals surface area contributed by atoms with Crippen molar-refractivity contribution in [2.45, 2.75) is 12.7 Å². The van der Waals surface area contributed by atoms with Crippen LogP contribution in [0.2, 0.25) is 5.02 Å². The predicted octanol–water partition coefficient (Wildman–Crippen LogP) is 4.71. The molecule has 0 radical (unpaired) electrons. The lowest BCUT2D eigenvalue weighted by Crippen LogP contribution is -2.49.